The molecule has 2 N–H and O–H groups in total. The van der Waals surface area contributed by atoms with Crippen LogP contribution in [-0.4, -0.2) is 27.5 Å². The first-order valence-electron chi connectivity index (χ1n) is 6.29. The van der Waals surface area contributed by atoms with Gasteiger partial charge in [0.1, 0.15) is 4.47 Å². The van der Waals surface area contributed by atoms with E-state index in [1.807, 2.05) is 6.92 Å². The van der Waals surface area contributed by atoms with Gasteiger partial charge >= 0.3 is 0 Å². The summed E-state index contributed by atoms with van der Waals surface area (Å²) in [5, 5.41) is 16.7. The number of hydrogen-bond donors (Lipinski definition) is 2. The molecule has 100 valence electrons. The second kappa shape index (κ2) is 5.84. The van der Waals surface area contributed by atoms with Crippen molar-refractivity contribution in [1.29, 1.82) is 0 Å². The molecule has 1 aromatic heterocycles. The predicted molar refractivity (Wildman–Crippen MR) is 73.7 cm³/mol. The number of rotatable bonds is 6. The number of aromatic nitrogens is 2. The Labute approximate surface area is 114 Å². The number of hydrogen-bond acceptors (Lipinski definition) is 4. The fourth-order valence-corrected chi connectivity index (χ4v) is 2.08. The highest BCUT2D eigenvalue weighted by molar-refractivity contribution is 9.10. The summed E-state index contributed by atoms with van der Waals surface area (Å²) in [6.07, 6.45) is 4.28. The molecule has 0 saturated heterocycles. The van der Waals surface area contributed by atoms with Gasteiger partial charge in [0.05, 0.1) is 18.0 Å². The number of halogens is 1. The fourth-order valence-electron chi connectivity index (χ4n) is 1.64. The molecular weight excluding hydrogens is 298 g/mol. The van der Waals surface area contributed by atoms with Crippen LogP contribution in [-0.2, 0) is 6.54 Å². The van der Waals surface area contributed by atoms with Crippen molar-refractivity contribution in [3.05, 3.63) is 21.0 Å². The Morgan fingerprint density at radius 2 is 2.39 bits per heavy atom. The van der Waals surface area contributed by atoms with Gasteiger partial charge in [-0.25, -0.2) is 4.68 Å². The first-order valence-corrected chi connectivity index (χ1v) is 7.08. The average molecular weight is 316 g/mol. The van der Waals surface area contributed by atoms with Crippen LogP contribution in [0.5, 0.6) is 0 Å². The minimum atomic E-state index is -0.411. The Hall–Kier alpha value is -0.880. The lowest BCUT2D eigenvalue weighted by molar-refractivity contribution is 0.183. The van der Waals surface area contributed by atoms with Crippen LogP contribution in [0.1, 0.15) is 26.2 Å². The van der Waals surface area contributed by atoms with Gasteiger partial charge in [0.25, 0.3) is 5.56 Å². The molecule has 0 bridgehead atoms. The van der Waals surface area contributed by atoms with Gasteiger partial charge in [-0.05, 0) is 41.1 Å². The minimum absolute atomic E-state index is 0.113. The van der Waals surface area contributed by atoms with Gasteiger partial charge in [-0.3, -0.25) is 4.79 Å². The van der Waals surface area contributed by atoms with Crippen LogP contribution >= 0.6 is 15.9 Å². The highest BCUT2D eigenvalue weighted by Gasteiger charge is 2.23. The normalized spacial score (nSPS) is 16.6. The van der Waals surface area contributed by atoms with E-state index in [2.05, 4.69) is 26.3 Å². The van der Waals surface area contributed by atoms with Gasteiger partial charge in [0.2, 0.25) is 0 Å². The van der Waals surface area contributed by atoms with Gasteiger partial charge in [-0.2, -0.15) is 5.10 Å². The summed E-state index contributed by atoms with van der Waals surface area (Å²) in [5.41, 5.74) is 0.525. The molecule has 2 rings (SSSR count). The summed E-state index contributed by atoms with van der Waals surface area (Å²) < 4.78 is 1.99. The third-order valence-corrected chi connectivity index (χ3v) is 3.88. The summed E-state index contributed by atoms with van der Waals surface area (Å²) in [5.74, 6) is 0.614. The summed E-state index contributed by atoms with van der Waals surface area (Å²) in [6, 6.07) is 0. The zero-order valence-corrected chi connectivity index (χ0v) is 12.0. The summed E-state index contributed by atoms with van der Waals surface area (Å²) in [6.45, 7) is 3.03. The molecule has 0 spiro atoms. The van der Waals surface area contributed by atoms with Crippen LogP contribution < -0.4 is 10.9 Å². The van der Waals surface area contributed by atoms with Crippen LogP contribution in [0.15, 0.2) is 15.5 Å². The maximum absolute atomic E-state index is 12.0. The standard InChI is InChI=1S/C12H18BrN3O2/c1-2-9(17)5-14-10-6-15-16(7-8-3-4-8)12(18)11(10)13/h6,8-9,14,17H,2-5,7H2,1H3. The van der Waals surface area contributed by atoms with E-state index in [1.54, 1.807) is 6.20 Å². The molecule has 1 atom stereocenters. The number of nitrogens with one attached hydrogen (secondary N) is 1. The molecule has 1 aliphatic rings. The largest absolute Gasteiger partial charge is 0.391 e. The molecule has 1 aliphatic carbocycles. The van der Waals surface area contributed by atoms with Crippen LogP contribution in [0, 0.1) is 5.92 Å². The number of nitrogens with zero attached hydrogens (tertiary/aromatic N) is 2. The number of anilines is 1. The van der Waals surface area contributed by atoms with E-state index in [9.17, 15) is 9.90 Å². The van der Waals surface area contributed by atoms with Crippen molar-refractivity contribution in [2.45, 2.75) is 38.8 Å². The highest BCUT2D eigenvalue weighted by Crippen LogP contribution is 2.30. The van der Waals surface area contributed by atoms with Crippen molar-refractivity contribution in [2.24, 2.45) is 5.92 Å². The Balaban J connectivity index is 2.07. The van der Waals surface area contributed by atoms with E-state index in [4.69, 9.17) is 0 Å². The second-order valence-corrected chi connectivity index (χ2v) is 5.54. The third-order valence-electron chi connectivity index (χ3n) is 3.11. The molecule has 0 radical (unpaired) electrons. The maximum atomic E-state index is 12.0. The van der Waals surface area contributed by atoms with Crippen LogP contribution in [0.2, 0.25) is 0 Å². The molecular formula is C12H18BrN3O2. The lowest BCUT2D eigenvalue weighted by atomic mass is 10.3. The molecule has 1 heterocycles. The number of aliphatic hydroxyl groups excluding tert-OH is 1. The van der Waals surface area contributed by atoms with Crippen LogP contribution in [0.3, 0.4) is 0 Å². The van der Waals surface area contributed by atoms with E-state index in [0.29, 0.717) is 35.6 Å². The van der Waals surface area contributed by atoms with Crippen molar-refractivity contribution in [3.63, 3.8) is 0 Å². The first-order chi connectivity index (χ1) is 8.61. The molecule has 0 aliphatic heterocycles. The zero-order valence-electron chi connectivity index (χ0n) is 10.4. The Bertz CT molecular complexity index is 471. The van der Waals surface area contributed by atoms with Gasteiger partial charge in [-0.1, -0.05) is 6.92 Å². The second-order valence-electron chi connectivity index (χ2n) is 4.75. The van der Waals surface area contributed by atoms with Gasteiger partial charge in [-0.15, -0.1) is 0 Å². The zero-order chi connectivity index (χ0) is 13.1. The average Bonchev–Trinajstić information content (AvgIpc) is 3.17. The Kier molecular flexibility index (Phi) is 4.40. The molecule has 1 fully saturated rings. The topological polar surface area (TPSA) is 67.2 Å². The third kappa shape index (κ3) is 3.32. The molecule has 0 aromatic carbocycles. The van der Waals surface area contributed by atoms with Crippen molar-refractivity contribution in [1.82, 2.24) is 9.78 Å². The summed E-state index contributed by atoms with van der Waals surface area (Å²) >= 11 is 3.30. The van der Waals surface area contributed by atoms with E-state index < -0.39 is 6.10 Å². The smallest absolute Gasteiger partial charge is 0.283 e. The highest BCUT2D eigenvalue weighted by atomic mass is 79.9. The van der Waals surface area contributed by atoms with Crippen LogP contribution in [0.4, 0.5) is 5.69 Å². The molecule has 1 unspecified atom stereocenters. The maximum Gasteiger partial charge on any atom is 0.283 e. The molecule has 0 amide bonds. The summed E-state index contributed by atoms with van der Waals surface area (Å²) in [4.78, 5) is 12.0. The Morgan fingerprint density at radius 3 is 3.00 bits per heavy atom. The van der Waals surface area contributed by atoms with E-state index in [0.717, 1.165) is 0 Å². The molecule has 5 nitrogen and oxygen atoms in total. The molecule has 1 saturated carbocycles. The summed E-state index contributed by atoms with van der Waals surface area (Å²) in [7, 11) is 0. The van der Waals surface area contributed by atoms with Gasteiger partial charge in [0, 0.05) is 13.1 Å². The van der Waals surface area contributed by atoms with Crippen molar-refractivity contribution >= 4 is 21.6 Å². The molecule has 1 aromatic rings. The van der Waals surface area contributed by atoms with E-state index in [1.165, 1.54) is 17.5 Å². The minimum Gasteiger partial charge on any atom is -0.391 e. The lowest BCUT2D eigenvalue weighted by Gasteiger charge is -2.12. The van der Waals surface area contributed by atoms with Crippen molar-refractivity contribution < 1.29 is 5.11 Å². The van der Waals surface area contributed by atoms with Crippen molar-refractivity contribution in [3.8, 4) is 0 Å². The van der Waals surface area contributed by atoms with E-state index >= 15 is 0 Å². The monoisotopic (exact) mass is 315 g/mol. The fraction of sp³-hybridized carbons (Fsp3) is 0.667. The van der Waals surface area contributed by atoms with Crippen molar-refractivity contribution in [2.75, 3.05) is 11.9 Å². The quantitative estimate of drug-likeness (QED) is 0.836. The van der Waals surface area contributed by atoms with Gasteiger partial charge in [0.15, 0.2) is 0 Å². The van der Waals surface area contributed by atoms with Gasteiger partial charge < -0.3 is 10.4 Å². The molecule has 18 heavy (non-hydrogen) atoms. The molecule has 6 heteroatoms. The number of aliphatic hydroxyl groups is 1. The predicted octanol–water partition coefficient (Wildman–Crippen LogP) is 1.60. The van der Waals surface area contributed by atoms with E-state index in [-0.39, 0.29) is 5.56 Å². The SMILES string of the molecule is CCC(O)CNc1cnn(CC2CC2)c(=O)c1Br. The first kappa shape index (κ1) is 13.5. The Morgan fingerprint density at radius 1 is 1.67 bits per heavy atom. The lowest BCUT2D eigenvalue weighted by Crippen LogP contribution is -2.26. The van der Waals surface area contributed by atoms with Crippen LogP contribution in [0.25, 0.3) is 0 Å².